The van der Waals surface area contributed by atoms with Gasteiger partial charge in [-0.2, -0.15) is 4.98 Å². The van der Waals surface area contributed by atoms with Gasteiger partial charge in [-0.1, -0.05) is 11.6 Å². The average molecular weight is 357 g/mol. The molecule has 1 aliphatic carbocycles. The van der Waals surface area contributed by atoms with E-state index in [1.807, 2.05) is 0 Å². The Bertz CT molecular complexity index is 618. The number of amides is 2. The van der Waals surface area contributed by atoms with Gasteiger partial charge >= 0.3 is 6.09 Å². The van der Waals surface area contributed by atoms with Crippen molar-refractivity contribution in [2.45, 2.75) is 44.7 Å². The van der Waals surface area contributed by atoms with Crippen LogP contribution in [0.3, 0.4) is 0 Å². The first-order valence-corrected chi connectivity index (χ1v) is 8.17. The molecule has 2 amide bonds. The van der Waals surface area contributed by atoms with E-state index in [9.17, 15) is 9.59 Å². The predicted molar refractivity (Wildman–Crippen MR) is 89.8 cm³/mol. The highest BCUT2D eigenvalue weighted by atomic mass is 35.5. The number of nitrogens with two attached hydrogens (primary N) is 1. The number of nitrogens with one attached hydrogen (secondary N) is 2. The first-order valence-electron chi connectivity index (χ1n) is 7.79. The number of carbonyl (C=O) groups excluding carboxylic acids is 1. The molecule has 2 rings (SSSR count). The van der Waals surface area contributed by atoms with Crippen LogP contribution < -0.4 is 21.1 Å². The standard InChI is InChI=1S/C15H21ClN4O4/c1-2-24-14-10(12(17)21)7-11(16)13(20-14)18-8-3-5-9(6-4-8)19-15(22)23/h7-9,19H,2-6H2,1H3,(H2,17,21)(H,18,20)(H,22,23). The molecule has 1 aliphatic rings. The maximum Gasteiger partial charge on any atom is 0.404 e. The minimum absolute atomic E-state index is 0.0276. The highest BCUT2D eigenvalue weighted by Gasteiger charge is 2.24. The minimum atomic E-state index is -1.00. The molecule has 1 aromatic rings. The van der Waals surface area contributed by atoms with E-state index in [1.165, 1.54) is 6.07 Å². The average Bonchev–Trinajstić information content (AvgIpc) is 2.51. The number of carboxylic acid groups (broad SMARTS) is 1. The van der Waals surface area contributed by atoms with Gasteiger partial charge in [0, 0.05) is 12.1 Å². The molecule has 1 aromatic heterocycles. The number of halogens is 1. The number of hydrogen-bond donors (Lipinski definition) is 4. The van der Waals surface area contributed by atoms with Crippen molar-refractivity contribution < 1.29 is 19.4 Å². The van der Waals surface area contributed by atoms with Gasteiger partial charge in [0.25, 0.3) is 5.91 Å². The number of anilines is 1. The third-order valence-electron chi connectivity index (χ3n) is 3.88. The fourth-order valence-corrected chi connectivity index (χ4v) is 2.95. The SMILES string of the molecule is CCOc1nc(NC2CCC(NC(=O)O)CC2)c(Cl)cc1C(N)=O. The molecule has 1 heterocycles. The summed E-state index contributed by atoms with van der Waals surface area (Å²) >= 11 is 6.18. The van der Waals surface area contributed by atoms with Crippen LogP contribution in [-0.2, 0) is 0 Å². The van der Waals surface area contributed by atoms with Gasteiger partial charge in [-0.3, -0.25) is 4.79 Å². The third-order valence-corrected chi connectivity index (χ3v) is 4.17. The van der Waals surface area contributed by atoms with Gasteiger partial charge in [0.05, 0.1) is 11.6 Å². The van der Waals surface area contributed by atoms with E-state index >= 15 is 0 Å². The minimum Gasteiger partial charge on any atom is -0.477 e. The lowest BCUT2D eigenvalue weighted by atomic mass is 9.91. The largest absolute Gasteiger partial charge is 0.477 e. The van der Waals surface area contributed by atoms with Crippen LogP contribution in [-0.4, -0.2) is 40.8 Å². The summed E-state index contributed by atoms with van der Waals surface area (Å²) in [6.07, 6.45) is 2.03. The smallest absolute Gasteiger partial charge is 0.404 e. The maximum atomic E-state index is 11.4. The summed E-state index contributed by atoms with van der Waals surface area (Å²) in [5, 5.41) is 14.8. The molecule has 8 nitrogen and oxygen atoms in total. The van der Waals surface area contributed by atoms with Crippen LogP contribution >= 0.6 is 11.6 Å². The summed E-state index contributed by atoms with van der Waals surface area (Å²) in [5.41, 5.74) is 5.45. The van der Waals surface area contributed by atoms with Crippen LogP contribution in [0, 0.1) is 0 Å². The van der Waals surface area contributed by atoms with Crippen molar-refractivity contribution in [3.05, 3.63) is 16.7 Å². The van der Waals surface area contributed by atoms with Crippen LogP contribution in [0.5, 0.6) is 5.88 Å². The summed E-state index contributed by atoms with van der Waals surface area (Å²) in [6, 6.07) is 1.54. The summed E-state index contributed by atoms with van der Waals surface area (Å²) in [4.78, 5) is 26.4. The van der Waals surface area contributed by atoms with Gasteiger partial charge in [0.15, 0.2) is 0 Å². The molecular weight excluding hydrogens is 336 g/mol. The molecule has 1 fully saturated rings. The number of rotatable bonds is 6. The maximum absolute atomic E-state index is 11.4. The molecule has 0 radical (unpaired) electrons. The first-order chi connectivity index (χ1) is 11.4. The monoisotopic (exact) mass is 356 g/mol. The van der Waals surface area contributed by atoms with E-state index in [1.54, 1.807) is 6.92 Å². The van der Waals surface area contributed by atoms with E-state index in [4.69, 9.17) is 27.2 Å². The molecule has 9 heteroatoms. The highest BCUT2D eigenvalue weighted by molar-refractivity contribution is 6.33. The van der Waals surface area contributed by atoms with Crippen LogP contribution in [0.2, 0.25) is 5.02 Å². The molecule has 0 bridgehead atoms. The van der Waals surface area contributed by atoms with Crippen molar-refractivity contribution in [2.24, 2.45) is 5.73 Å². The summed E-state index contributed by atoms with van der Waals surface area (Å²) < 4.78 is 5.36. The van der Waals surface area contributed by atoms with Crippen molar-refractivity contribution in [2.75, 3.05) is 11.9 Å². The number of ether oxygens (including phenoxy) is 1. The van der Waals surface area contributed by atoms with Crippen LogP contribution in [0.15, 0.2) is 6.07 Å². The zero-order chi connectivity index (χ0) is 17.7. The second kappa shape index (κ2) is 8.05. The van der Waals surface area contributed by atoms with Gasteiger partial charge in [0.1, 0.15) is 11.4 Å². The van der Waals surface area contributed by atoms with Crippen molar-refractivity contribution in [1.82, 2.24) is 10.3 Å². The van der Waals surface area contributed by atoms with Crippen molar-refractivity contribution in [3.8, 4) is 5.88 Å². The number of carbonyl (C=O) groups is 2. The van der Waals surface area contributed by atoms with Crippen molar-refractivity contribution >= 4 is 29.4 Å². The number of aromatic nitrogens is 1. The van der Waals surface area contributed by atoms with E-state index in [0.29, 0.717) is 12.4 Å². The van der Waals surface area contributed by atoms with Crippen molar-refractivity contribution in [3.63, 3.8) is 0 Å². The Kier molecular flexibility index (Phi) is 6.08. The second-order valence-corrected chi connectivity index (χ2v) is 6.02. The third kappa shape index (κ3) is 4.64. The first kappa shape index (κ1) is 18.1. The Morgan fingerprint density at radius 3 is 2.54 bits per heavy atom. The molecule has 0 saturated heterocycles. The highest BCUT2D eigenvalue weighted by Crippen LogP contribution is 2.30. The van der Waals surface area contributed by atoms with Crippen LogP contribution in [0.25, 0.3) is 0 Å². The van der Waals surface area contributed by atoms with E-state index < -0.39 is 12.0 Å². The Morgan fingerprint density at radius 2 is 2.00 bits per heavy atom. The Morgan fingerprint density at radius 1 is 1.38 bits per heavy atom. The summed E-state index contributed by atoms with van der Waals surface area (Å²) in [6.45, 7) is 2.13. The lowest BCUT2D eigenvalue weighted by Gasteiger charge is -2.29. The Balaban J connectivity index is 2.06. The topological polar surface area (TPSA) is 127 Å². The molecule has 0 spiro atoms. The number of hydrogen-bond acceptors (Lipinski definition) is 5. The number of primary amides is 1. The van der Waals surface area contributed by atoms with E-state index in [-0.39, 0.29) is 28.5 Å². The lowest BCUT2D eigenvalue weighted by molar-refractivity contribution is 0.0995. The van der Waals surface area contributed by atoms with E-state index in [2.05, 4.69) is 15.6 Å². The second-order valence-electron chi connectivity index (χ2n) is 5.61. The van der Waals surface area contributed by atoms with Crippen molar-refractivity contribution in [1.29, 1.82) is 0 Å². The molecule has 5 N–H and O–H groups in total. The summed E-state index contributed by atoms with van der Waals surface area (Å²) in [7, 11) is 0. The van der Waals surface area contributed by atoms with Crippen LogP contribution in [0.4, 0.5) is 10.6 Å². The Hall–Kier alpha value is -2.22. The van der Waals surface area contributed by atoms with Gasteiger partial charge in [0.2, 0.25) is 5.88 Å². The number of nitrogens with zero attached hydrogens (tertiary/aromatic N) is 1. The summed E-state index contributed by atoms with van der Waals surface area (Å²) in [5.74, 6) is -0.0717. The fraction of sp³-hybridized carbons (Fsp3) is 0.533. The zero-order valence-corrected chi connectivity index (χ0v) is 14.1. The van der Waals surface area contributed by atoms with Gasteiger partial charge in [-0.05, 0) is 38.7 Å². The molecule has 0 aromatic carbocycles. The normalized spacial score (nSPS) is 20.2. The van der Waals surface area contributed by atoms with E-state index in [0.717, 1.165) is 25.7 Å². The molecule has 0 unspecified atom stereocenters. The molecule has 0 atom stereocenters. The quantitative estimate of drug-likeness (QED) is 0.619. The lowest BCUT2D eigenvalue weighted by Crippen LogP contribution is -2.39. The fourth-order valence-electron chi connectivity index (χ4n) is 2.75. The molecular formula is C15H21ClN4O4. The number of pyridine rings is 1. The van der Waals surface area contributed by atoms with Gasteiger partial charge in [-0.15, -0.1) is 0 Å². The molecule has 24 heavy (non-hydrogen) atoms. The Labute approximate surface area is 144 Å². The molecule has 0 aliphatic heterocycles. The molecule has 132 valence electrons. The predicted octanol–water partition coefficient (Wildman–Crippen LogP) is 2.22. The van der Waals surface area contributed by atoms with Gasteiger partial charge in [-0.25, -0.2) is 4.79 Å². The molecule has 1 saturated carbocycles. The van der Waals surface area contributed by atoms with Crippen LogP contribution in [0.1, 0.15) is 43.0 Å². The van der Waals surface area contributed by atoms with Gasteiger partial charge < -0.3 is 26.2 Å². The zero-order valence-electron chi connectivity index (χ0n) is 13.3.